The van der Waals surface area contributed by atoms with Crippen LogP contribution in [0.2, 0.25) is 0 Å². The number of benzene rings is 2. The van der Waals surface area contributed by atoms with E-state index in [1.165, 1.54) is 11.3 Å². The van der Waals surface area contributed by atoms with Gasteiger partial charge in [-0.15, -0.1) is 0 Å². The molecule has 0 bridgehead atoms. The summed E-state index contributed by atoms with van der Waals surface area (Å²) in [5.41, 5.74) is 3.59. The van der Waals surface area contributed by atoms with E-state index >= 15 is 0 Å². The second kappa shape index (κ2) is 10.9. The zero-order valence-electron chi connectivity index (χ0n) is 19.3. The van der Waals surface area contributed by atoms with Crippen LogP contribution >= 0.6 is 11.3 Å². The lowest BCUT2D eigenvalue weighted by Gasteiger charge is -2.29. The smallest absolute Gasteiger partial charge is 0.257 e. The average molecular weight is 471 g/mol. The summed E-state index contributed by atoms with van der Waals surface area (Å²) in [6.07, 6.45) is 0. The normalized spacial score (nSPS) is 14.1. The van der Waals surface area contributed by atoms with Gasteiger partial charge in [0.15, 0.2) is 5.13 Å². The number of carbonyl (C=O) groups excluding carboxylic acids is 1. The summed E-state index contributed by atoms with van der Waals surface area (Å²) in [4.78, 5) is 22.0. The fourth-order valence-corrected chi connectivity index (χ4v) is 4.83. The summed E-state index contributed by atoms with van der Waals surface area (Å²) in [6, 6.07) is 11.6. The Labute approximate surface area is 198 Å². The second-order valence-corrected chi connectivity index (χ2v) is 8.96. The topological polar surface area (TPSA) is 76.2 Å². The van der Waals surface area contributed by atoms with E-state index in [0.717, 1.165) is 47.6 Å². The molecule has 1 aromatic heterocycles. The van der Waals surface area contributed by atoms with Gasteiger partial charge in [0, 0.05) is 38.9 Å². The van der Waals surface area contributed by atoms with Gasteiger partial charge in [0.05, 0.1) is 37.3 Å². The highest BCUT2D eigenvalue weighted by Crippen LogP contribution is 2.39. The Bertz CT molecular complexity index is 1080. The molecule has 2 heterocycles. The summed E-state index contributed by atoms with van der Waals surface area (Å²) in [5.74, 6) is 0.515. The number of nitrogens with zero attached hydrogens (tertiary/aromatic N) is 3. The van der Waals surface area contributed by atoms with Crippen molar-refractivity contribution in [3.63, 3.8) is 0 Å². The molecule has 0 aliphatic carbocycles. The van der Waals surface area contributed by atoms with Gasteiger partial charge < -0.3 is 19.1 Å². The second-order valence-electron chi connectivity index (χ2n) is 7.96. The molecule has 0 radical (unpaired) electrons. The van der Waals surface area contributed by atoms with Crippen LogP contribution in [0.5, 0.6) is 5.75 Å². The number of thiazole rings is 1. The lowest BCUT2D eigenvalue weighted by Crippen LogP contribution is -2.36. The molecule has 1 saturated heterocycles. The van der Waals surface area contributed by atoms with Crippen LogP contribution in [0.1, 0.15) is 15.9 Å². The highest BCUT2D eigenvalue weighted by Gasteiger charge is 2.20. The van der Waals surface area contributed by atoms with E-state index in [2.05, 4.69) is 26.2 Å². The van der Waals surface area contributed by atoms with E-state index in [1.54, 1.807) is 14.2 Å². The standard InChI is InChI=1S/C24H30N4O4S/c1-27(10-13-30-2)16-17-4-6-18(7-5-17)23(29)26-24-25-21-20(31-3)9-8-19(22(21)33-24)28-11-14-32-15-12-28/h4-9H,10-16H2,1-3H3,(H,25,26,29). The maximum absolute atomic E-state index is 12.9. The van der Waals surface area contributed by atoms with Gasteiger partial charge in [-0.05, 0) is 36.9 Å². The van der Waals surface area contributed by atoms with Crippen LogP contribution in [0.3, 0.4) is 0 Å². The van der Waals surface area contributed by atoms with Crippen molar-refractivity contribution in [2.75, 3.05) is 70.9 Å². The molecule has 33 heavy (non-hydrogen) atoms. The average Bonchev–Trinajstić information content (AvgIpc) is 3.26. The van der Waals surface area contributed by atoms with Gasteiger partial charge in [0.2, 0.25) is 0 Å². The maximum Gasteiger partial charge on any atom is 0.257 e. The van der Waals surface area contributed by atoms with Gasteiger partial charge in [-0.3, -0.25) is 15.0 Å². The highest BCUT2D eigenvalue weighted by atomic mass is 32.1. The Morgan fingerprint density at radius 3 is 2.64 bits per heavy atom. The van der Waals surface area contributed by atoms with Gasteiger partial charge in [0.1, 0.15) is 11.3 Å². The molecule has 0 atom stereocenters. The molecule has 4 rings (SSSR count). The first-order valence-electron chi connectivity index (χ1n) is 11.0. The number of aromatic nitrogens is 1. The van der Waals surface area contributed by atoms with Crippen molar-refractivity contribution in [1.29, 1.82) is 0 Å². The summed E-state index contributed by atoms with van der Waals surface area (Å²) >= 11 is 1.47. The molecule has 1 aliphatic rings. The number of morpholine rings is 1. The molecule has 1 fully saturated rings. The fraction of sp³-hybridized carbons (Fsp3) is 0.417. The lowest BCUT2D eigenvalue weighted by atomic mass is 10.1. The molecule has 0 unspecified atom stereocenters. The van der Waals surface area contributed by atoms with Crippen LogP contribution in [0, 0.1) is 0 Å². The largest absolute Gasteiger partial charge is 0.494 e. The fourth-order valence-electron chi connectivity index (χ4n) is 3.81. The number of rotatable bonds is 9. The lowest BCUT2D eigenvalue weighted by molar-refractivity contribution is 0.102. The van der Waals surface area contributed by atoms with Gasteiger partial charge in [0.25, 0.3) is 5.91 Å². The van der Waals surface area contributed by atoms with Crippen LogP contribution in [-0.4, -0.2) is 76.5 Å². The van der Waals surface area contributed by atoms with E-state index < -0.39 is 0 Å². The number of carbonyl (C=O) groups is 1. The maximum atomic E-state index is 12.9. The molecular weight excluding hydrogens is 440 g/mol. The number of methoxy groups -OCH3 is 2. The number of nitrogens with one attached hydrogen (secondary N) is 1. The van der Waals surface area contributed by atoms with E-state index in [1.807, 2.05) is 37.4 Å². The van der Waals surface area contributed by atoms with E-state index in [4.69, 9.17) is 14.2 Å². The summed E-state index contributed by atoms with van der Waals surface area (Å²) in [7, 11) is 5.38. The van der Waals surface area contributed by atoms with Crippen molar-refractivity contribution in [2.45, 2.75) is 6.54 Å². The summed E-state index contributed by atoms with van der Waals surface area (Å²) < 4.78 is 17.1. The van der Waals surface area contributed by atoms with Crippen molar-refractivity contribution in [2.24, 2.45) is 0 Å². The van der Waals surface area contributed by atoms with Crippen LogP contribution in [0.15, 0.2) is 36.4 Å². The Balaban J connectivity index is 1.49. The Kier molecular flexibility index (Phi) is 7.77. The van der Waals surface area contributed by atoms with Crippen LogP contribution in [0.4, 0.5) is 10.8 Å². The van der Waals surface area contributed by atoms with Crippen molar-refractivity contribution in [3.8, 4) is 5.75 Å². The number of fused-ring (bicyclic) bond motifs is 1. The van der Waals surface area contributed by atoms with Crippen LogP contribution in [-0.2, 0) is 16.0 Å². The molecule has 8 nitrogen and oxygen atoms in total. The summed E-state index contributed by atoms with van der Waals surface area (Å²) in [5, 5.41) is 3.51. The molecule has 1 amide bonds. The van der Waals surface area contributed by atoms with Gasteiger partial charge in [-0.25, -0.2) is 4.98 Å². The van der Waals surface area contributed by atoms with Crippen molar-refractivity contribution in [1.82, 2.24) is 9.88 Å². The molecule has 176 valence electrons. The first kappa shape index (κ1) is 23.4. The zero-order chi connectivity index (χ0) is 23.2. The molecule has 0 saturated carbocycles. The number of hydrogen-bond acceptors (Lipinski definition) is 8. The van der Waals surface area contributed by atoms with E-state index in [0.29, 0.717) is 36.3 Å². The van der Waals surface area contributed by atoms with Crippen molar-refractivity contribution < 1.29 is 19.0 Å². The molecule has 3 aromatic rings. The number of anilines is 2. The minimum atomic E-state index is -0.180. The first-order valence-corrected chi connectivity index (χ1v) is 11.8. The number of likely N-dealkylation sites (N-methyl/N-ethyl adjacent to an activating group) is 1. The Morgan fingerprint density at radius 2 is 1.94 bits per heavy atom. The van der Waals surface area contributed by atoms with E-state index in [-0.39, 0.29) is 5.91 Å². The van der Waals surface area contributed by atoms with Gasteiger partial charge in [-0.1, -0.05) is 23.5 Å². The quantitative estimate of drug-likeness (QED) is 0.513. The molecule has 9 heteroatoms. The minimum absolute atomic E-state index is 0.180. The molecule has 0 spiro atoms. The molecule has 2 aromatic carbocycles. The number of amides is 1. The third kappa shape index (κ3) is 5.62. The first-order chi connectivity index (χ1) is 16.1. The zero-order valence-corrected chi connectivity index (χ0v) is 20.1. The number of ether oxygens (including phenoxy) is 3. The highest BCUT2D eigenvalue weighted by molar-refractivity contribution is 7.23. The SMILES string of the molecule is COCCN(C)Cc1ccc(C(=O)Nc2nc3c(OC)ccc(N4CCOCC4)c3s2)cc1. The molecule has 1 aliphatic heterocycles. The van der Waals surface area contributed by atoms with E-state index in [9.17, 15) is 4.79 Å². The number of hydrogen-bond donors (Lipinski definition) is 1. The Morgan fingerprint density at radius 1 is 1.18 bits per heavy atom. The third-order valence-corrected chi connectivity index (χ3v) is 6.62. The molecule has 1 N–H and O–H groups in total. The predicted molar refractivity (Wildman–Crippen MR) is 132 cm³/mol. The minimum Gasteiger partial charge on any atom is -0.494 e. The monoisotopic (exact) mass is 470 g/mol. The van der Waals surface area contributed by atoms with Gasteiger partial charge >= 0.3 is 0 Å². The van der Waals surface area contributed by atoms with Crippen molar-refractivity contribution >= 4 is 38.3 Å². The van der Waals surface area contributed by atoms with Crippen molar-refractivity contribution in [3.05, 3.63) is 47.5 Å². The molecular formula is C24H30N4O4S. The third-order valence-electron chi connectivity index (χ3n) is 5.62. The Hall–Kier alpha value is -2.72. The van der Waals surface area contributed by atoms with Crippen LogP contribution < -0.4 is 15.0 Å². The predicted octanol–water partition coefficient (Wildman–Crippen LogP) is 3.47. The van der Waals surface area contributed by atoms with Gasteiger partial charge in [-0.2, -0.15) is 0 Å². The van der Waals surface area contributed by atoms with Crippen LogP contribution in [0.25, 0.3) is 10.2 Å². The summed E-state index contributed by atoms with van der Waals surface area (Å²) in [6.45, 7) is 5.40.